The molecule has 33 heavy (non-hydrogen) atoms. The summed E-state index contributed by atoms with van der Waals surface area (Å²) in [4.78, 5) is 0. The van der Waals surface area contributed by atoms with Crippen LogP contribution in [0.5, 0.6) is 11.6 Å². The molecular formula is C22H12Cl5N5O. The molecule has 0 saturated heterocycles. The summed E-state index contributed by atoms with van der Waals surface area (Å²) in [5, 5.41) is 19.9. The Hall–Kier alpha value is -2.61. The van der Waals surface area contributed by atoms with Gasteiger partial charge in [-0.15, -0.1) is 20.4 Å². The first-order valence-electron chi connectivity index (χ1n) is 9.25. The molecule has 0 radical (unpaired) electrons. The molecule has 0 saturated carbocycles. The van der Waals surface area contributed by atoms with Crippen LogP contribution in [0.15, 0.2) is 60.7 Å². The van der Waals surface area contributed by atoms with Crippen molar-refractivity contribution >= 4 is 85.2 Å². The molecular weight excluding hydrogens is 528 g/mol. The first kappa shape index (κ1) is 23.5. The third kappa shape index (κ3) is 5.16. The van der Waals surface area contributed by atoms with Crippen LogP contribution >= 0.6 is 58.0 Å². The lowest BCUT2D eigenvalue weighted by Crippen LogP contribution is -1.95. The third-order valence-corrected chi connectivity index (χ3v) is 5.82. The van der Waals surface area contributed by atoms with Crippen molar-refractivity contribution in [3.63, 3.8) is 0 Å². The van der Waals surface area contributed by atoms with Crippen LogP contribution in [0.3, 0.4) is 0 Å². The smallest absolute Gasteiger partial charge is 0.247 e. The van der Waals surface area contributed by atoms with Gasteiger partial charge < -0.3 is 10.5 Å². The van der Waals surface area contributed by atoms with Gasteiger partial charge in [0.25, 0.3) is 0 Å². The molecule has 6 nitrogen and oxygen atoms in total. The van der Waals surface area contributed by atoms with Gasteiger partial charge in [-0.25, -0.2) is 0 Å². The number of fused-ring (bicyclic) bond motifs is 2. The van der Waals surface area contributed by atoms with Crippen molar-refractivity contribution in [2.75, 3.05) is 5.73 Å². The molecule has 5 rings (SSSR count). The Kier molecular flexibility index (Phi) is 7.22. The van der Waals surface area contributed by atoms with Crippen molar-refractivity contribution in [2.45, 2.75) is 0 Å². The van der Waals surface area contributed by atoms with E-state index in [1.54, 1.807) is 12.1 Å². The summed E-state index contributed by atoms with van der Waals surface area (Å²) < 4.78 is 5.71. The van der Waals surface area contributed by atoms with Gasteiger partial charge in [-0.05, 0) is 18.2 Å². The van der Waals surface area contributed by atoms with Gasteiger partial charge in [0, 0.05) is 27.2 Å². The lowest BCUT2D eigenvalue weighted by atomic mass is 10.2. The minimum atomic E-state index is 0.267. The molecule has 0 aliphatic heterocycles. The fraction of sp³-hybridized carbons (Fsp3) is 0. The van der Waals surface area contributed by atoms with Crippen molar-refractivity contribution in [2.24, 2.45) is 0 Å². The van der Waals surface area contributed by atoms with Gasteiger partial charge in [0.05, 0.1) is 10.0 Å². The van der Waals surface area contributed by atoms with E-state index in [0.717, 1.165) is 16.2 Å². The molecule has 0 fully saturated rings. The van der Waals surface area contributed by atoms with Crippen LogP contribution in [0.25, 0.3) is 21.5 Å². The summed E-state index contributed by atoms with van der Waals surface area (Å²) in [6, 6.07) is 17.9. The van der Waals surface area contributed by atoms with Crippen molar-refractivity contribution in [1.82, 2.24) is 20.4 Å². The van der Waals surface area contributed by atoms with Gasteiger partial charge in [0.15, 0.2) is 21.2 Å². The maximum absolute atomic E-state index is 6.10. The van der Waals surface area contributed by atoms with Crippen LogP contribution in [-0.2, 0) is 0 Å². The second kappa shape index (κ2) is 10.1. The number of anilines is 1. The highest BCUT2D eigenvalue weighted by Crippen LogP contribution is 2.39. The van der Waals surface area contributed by atoms with E-state index in [0.29, 0.717) is 36.6 Å². The molecule has 2 heterocycles. The zero-order valence-corrected chi connectivity index (χ0v) is 20.2. The van der Waals surface area contributed by atoms with Gasteiger partial charge in [-0.2, -0.15) is 0 Å². The number of aromatic nitrogens is 4. The molecule has 11 heteroatoms. The van der Waals surface area contributed by atoms with Gasteiger partial charge in [-0.3, -0.25) is 0 Å². The lowest BCUT2D eigenvalue weighted by Gasteiger charge is -2.11. The molecule has 0 unspecified atom stereocenters. The van der Waals surface area contributed by atoms with E-state index < -0.39 is 0 Å². The number of halogens is 5. The minimum Gasteiger partial charge on any atom is -0.434 e. The fourth-order valence-corrected chi connectivity index (χ4v) is 4.12. The second-order valence-electron chi connectivity index (χ2n) is 6.58. The Morgan fingerprint density at radius 2 is 0.970 bits per heavy atom. The molecule has 5 aromatic rings. The largest absolute Gasteiger partial charge is 0.434 e. The summed E-state index contributed by atoms with van der Waals surface area (Å²) in [6.07, 6.45) is 0. The van der Waals surface area contributed by atoms with E-state index in [9.17, 15) is 0 Å². The molecule has 0 bridgehead atoms. The number of rotatable bonds is 2. The van der Waals surface area contributed by atoms with Crippen LogP contribution < -0.4 is 10.5 Å². The molecule has 166 valence electrons. The maximum Gasteiger partial charge on any atom is 0.247 e. The Morgan fingerprint density at radius 1 is 0.576 bits per heavy atom. The van der Waals surface area contributed by atoms with E-state index in [2.05, 4.69) is 20.4 Å². The van der Waals surface area contributed by atoms with Crippen LogP contribution in [0, 0.1) is 0 Å². The van der Waals surface area contributed by atoms with Gasteiger partial charge in [-0.1, -0.05) is 100 Å². The lowest BCUT2D eigenvalue weighted by molar-refractivity contribution is 0.462. The van der Waals surface area contributed by atoms with Crippen molar-refractivity contribution in [3.05, 3.63) is 86.2 Å². The number of nitrogens with two attached hydrogens (primary N) is 1. The monoisotopic (exact) mass is 537 g/mol. The summed E-state index contributed by atoms with van der Waals surface area (Å²) in [7, 11) is 0. The van der Waals surface area contributed by atoms with Gasteiger partial charge >= 0.3 is 0 Å². The summed E-state index contributed by atoms with van der Waals surface area (Å²) >= 11 is 29.8. The van der Waals surface area contributed by atoms with Gasteiger partial charge in [0.1, 0.15) is 0 Å². The van der Waals surface area contributed by atoms with Crippen LogP contribution in [-0.4, -0.2) is 20.4 Å². The highest BCUT2D eigenvalue weighted by molar-refractivity contribution is 6.38. The normalized spacial score (nSPS) is 10.7. The highest BCUT2D eigenvalue weighted by Gasteiger charge is 2.14. The Balaban J connectivity index is 0.000000183. The highest BCUT2D eigenvalue weighted by atomic mass is 35.5. The SMILES string of the molecule is Clc1nnc(Cl)c2ccccc12.Nc1cc(Cl)c(Oc2nnc(Cl)c3ccccc23)c(Cl)c1. The molecule has 2 N–H and O–H groups in total. The molecule has 0 aliphatic rings. The molecule has 0 spiro atoms. The van der Waals surface area contributed by atoms with Crippen LogP contribution in [0.4, 0.5) is 5.69 Å². The maximum atomic E-state index is 6.10. The molecule has 0 aliphatic carbocycles. The fourth-order valence-electron chi connectivity index (χ4n) is 2.93. The molecule has 2 aromatic heterocycles. The van der Waals surface area contributed by atoms with E-state index in [1.165, 1.54) is 0 Å². The number of benzene rings is 3. The number of hydrogen-bond donors (Lipinski definition) is 1. The Bertz CT molecular complexity index is 1420. The average Bonchev–Trinajstić information content (AvgIpc) is 2.81. The molecule has 0 atom stereocenters. The number of nitrogens with zero attached hydrogens (tertiary/aromatic N) is 4. The Morgan fingerprint density at radius 3 is 1.45 bits per heavy atom. The van der Waals surface area contributed by atoms with Crippen LogP contribution in [0.1, 0.15) is 0 Å². The zero-order chi connectivity index (χ0) is 23.5. The van der Waals surface area contributed by atoms with E-state index in [-0.39, 0.29) is 11.6 Å². The van der Waals surface area contributed by atoms with Crippen LogP contribution in [0.2, 0.25) is 25.5 Å². The Labute approximate surface area is 213 Å². The number of ether oxygens (including phenoxy) is 1. The number of nitrogen functional groups attached to an aromatic ring is 1. The zero-order valence-electron chi connectivity index (χ0n) is 16.4. The minimum absolute atomic E-state index is 0.267. The molecule has 0 amide bonds. The van der Waals surface area contributed by atoms with Gasteiger partial charge in [0.2, 0.25) is 5.88 Å². The van der Waals surface area contributed by atoms with Crippen molar-refractivity contribution in [1.29, 1.82) is 0 Å². The van der Waals surface area contributed by atoms with Crippen molar-refractivity contribution in [3.8, 4) is 11.6 Å². The predicted octanol–water partition coefficient (Wildman–Crippen LogP) is 7.90. The quantitative estimate of drug-likeness (QED) is 0.230. The summed E-state index contributed by atoms with van der Waals surface area (Å²) in [5.41, 5.74) is 6.11. The third-order valence-electron chi connectivity index (χ3n) is 4.42. The topological polar surface area (TPSA) is 86.8 Å². The number of hydrogen-bond acceptors (Lipinski definition) is 6. The van der Waals surface area contributed by atoms with Crippen molar-refractivity contribution < 1.29 is 4.74 Å². The first-order chi connectivity index (χ1) is 15.8. The average molecular weight is 540 g/mol. The first-order valence-corrected chi connectivity index (χ1v) is 11.1. The molecule has 3 aromatic carbocycles. The summed E-state index contributed by atoms with van der Waals surface area (Å²) in [6.45, 7) is 0. The summed E-state index contributed by atoms with van der Waals surface area (Å²) in [5.74, 6) is 0.540. The van der Waals surface area contributed by atoms with E-state index in [1.807, 2.05) is 48.5 Å². The second-order valence-corrected chi connectivity index (χ2v) is 8.47. The van der Waals surface area contributed by atoms with E-state index >= 15 is 0 Å². The predicted molar refractivity (Wildman–Crippen MR) is 135 cm³/mol. The standard InChI is InChI=1S/C14H8Cl3N3O.C8H4Cl2N2/c15-10-5-7(18)6-11(16)12(10)21-14-9-4-2-1-3-8(9)13(17)19-20-14;9-7-5-3-1-2-4-6(5)8(10)12-11-7/h1-6H,18H2;1-4H. The van der Waals surface area contributed by atoms with E-state index in [4.69, 9.17) is 68.5 Å².